The normalized spacial score (nSPS) is 12.5. The second-order valence-electron chi connectivity index (χ2n) is 2.44. The summed E-state index contributed by atoms with van der Waals surface area (Å²) in [4.78, 5) is 0. The van der Waals surface area contributed by atoms with Gasteiger partial charge >= 0.3 is 103 Å². The molecule has 0 saturated heterocycles. The summed E-state index contributed by atoms with van der Waals surface area (Å²) in [5, 5.41) is 19.8. The summed E-state index contributed by atoms with van der Waals surface area (Å²) in [5.74, 6) is 0. The molecule has 2 nitrogen and oxygen atoms in total. The number of hydrogen-bond donors (Lipinski definition) is 0. The maximum atomic E-state index is 9.90. The van der Waals surface area contributed by atoms with Gasteiger partial charge in [0.05, 0.1) is 0 Å². The molecule has 64 valence electrons. The monoisotopic (exact) mass is 224 g/mol. The summed E-state index contributed by atoms with van der Waals surface area (Å²) in [7, 11) is 0. The van der Waals surface area contributed by atoms with E-state index in [1.165, 1.54) is 0 Å². The summed E-state index contributed by atoms with van der Waals surface area (Å²) in [6.45, 7) is 7.11. The molecule has 0 spiro atoms. The maximum absolute atomic E-state index is 9.90. The Balaban J connectivity index is -0.0000000457. The van der Waals surface area contributed by atoms with Crippen LogP contribution in [0.2, 0.25) is 0 Å². The van der Waals surface area contributed by atoms with Crippen molar-refractivity contribution in [3.8, 4) is 0 Å². The van der Waals surface area contributed by atoms with Crippen molar-refractivity contribution in [2.75, 3.05) is 0 Å². The van der Waals surface area contributed by atoms with Crippen molar-refractivity contribution in [2.24, 2.45) is 0 Å². The van der Waals surface area contributed by atoms with Crippen molar-refractivity contribution in [1.82, 2.24) is 0 Å². The molecule has 0 aliphatic heterocycles. The van der Waals surface area contributed by atoms with Crippen molar-refractivity contribution in [3.63, 3.8) is 0 Å². The molecule has 0 aromatic heterocycles. The van der Waals surface area contributed by atoms with Crippen molar-refractivity contribution < 1.29 is 113 Å². The van der Waals surface area contributed by atoms with Crippen LogP contribution in [0.1, 0.15) is 40.5 Å². The van der Waals surface area contributed by atoms with E-state index < -0.39 is 0 Å². The number of hydrogen-bond acceptors (Lipinski definition) is 2. The fraction of sp³-hybridized carbons (Fsp3) is 1.00. The summed E-state index contributed by atoms with van der Waals surface area (Å²) in [6.07, 6.45) is 0.769. The Bertz CT molecular complexity index is 51.0. The van der Waals surface area contributed by atoms with Crippen LogP contribution in [0.4, 0.5) is 0 Å². The van der Waals surface area contributed by atoms with Gasteiger partial charge in [-0.05, 0) is 0 Å². The molecule has 0 saturated carbocycles. The van der Waals surface area contributed by atoms with E-state index in [1.54, 1.807) is 13.8 Å². The van der Waals surface area contributed by atoms with Crippen molar-refractivity contribution >= 4 is 0 Å². The second-order valence-corrected chi connectivity index (χ2v) is 2.44. The van der Waals surface area contributed by atoms with Gasteiger partial charge in [0, 0.05) is 0 Å². The molecule has 4 heteroatoms. The molecule has 0 bridgehead atoms. The van der Waals surface area contributed by atoms with Crippen LogP contribution < -0.4 is 113 Å². The minimum absolute atomic E-state index is 0. The Hall–Kier alpha value is 3.19. The molecular weight excluding hydrogens is 206 g/mol. The van der Waals surface area contributed by atoms with Crippen molar-refractivity contribution in [2.45, 2.75) is 52.7 Å². The van der Waals surface area contributed by atoms with Gasteiger partial charge in [0.25, 0.3) is 0 Å². The van der Waals surface area contributed by atoms with Crippen LogP contribution in [0.3, 0.4) is 0 Å². The van der Waals surface area contributed by atoms with Gasteiger partial charge in [-0.2, -0.15) is 0 Å². The SMILES string of the molecule is CCC(C)[O-].CCC(C)[O-].[K+].[K+]. The predicted molar refractivity (Wildman–Crippen MR) is 39.5 cm³/mol. The summed E-state index contributed by atoms with van der Waals surface area (Å²) in [5.41, 5.74) is 0. The summed E-state index contributed by atoms with van der Waals surface area (Å²) >= 11 is 0. The smallest absolute Gasteiger partial charge is 0.852 e. The molecule has 0 aromatic rings. The Kier molecular flexibility index (Phi) is 40.1. The molecular formula is C8H18K2O2. The third-order valence-corrected chi connectivity index (χ3v) is 1.15. The molecule has 0 rings (SSSR count). The molecule has 2 atom stereocenters. The average Bonchev–Trinajstić information content (AvgIpc) is 1.89. The molecule has 0 fully saturated rings. The van der Waals surface area contributed by atoms with Crippen LogP contribution in [-0.2, 0) is 0 Å². The Morgan fingerprint density at radius 3 is 0.917 bits per heavy atom. The molecule has 2 unspecified atom stereocenters. The molecule has 12 heavy (non-hydrogen) atoms. The molecule has 0 radical (unpaired) electrons. The Labute approximate surface area is 162 Å². The van der Waals surface area contributed by atoms with E-state index >= 15 is 0 Å². The van der Waals surface area contributed by atoms with Crippen molar-refractivity contribution in [1.29, 1.82) is 0 Å². The standard InChI is InChI=1S/2C4H9O.2K/c2*1-3-4(2)5;;/h2*4H,3H2,1-2H3;;/q2*-1;2*+1. The fourth-order valence-electron chi connectivity index (χ4n) is 0. The topological polar surface area (TPSA) is 46.1 Å². The first-order valence-electron chi connectivity index (χ1n) is 3.86. The zero-order valence-electron chi connectivity index (χ0n) is 9.39. The fourth-order valence-corrected chi connectivity index (χ4v) is 0. The largest absolute Gasteiger partial charge is 1.00 e. The average molecular weight is 224 g/mol. The first-order valence-corrected chi connectivity index (χ1v) is 3.86. The third kappa shape index (κ3) is 37.9. The zero-order chi connectivity index (χ0) is 8.57. The molecule has 0 aliphatic rings. The van der Waals surface area contributed by atoms with Crippen molar-refractivity contribution in [3.05, 3.63) is 0 Å². The van der Waals surface area contributed by atoms with Crippen LogP contribution in [-0.4, -0.2) is 12.2 Å². The minimum atomic E-state index is -0.366. The van der Waals surface area contributed by atoms with Crippen LogP contribution >= 0.6 is 0 Å². The van der Waals surface area contributed by atoms with Gasteiger partial charge in [-0.25, -0.2) is 0 Å². The molecule has 0 heterocycles. The van der Waals surface area contributed by atoms with E-state index in [2.05, 4.69) is 0 Å². The first kappa shape index (κ1) is 24.4. The first-order chi connectivity index (χ1) is 4.54. The number of rotatable bonds is 2. The second kappa shape index (κ2) is 19.7. The van der Waals surface area contributed by atoms with Gasteiger partial charge in [0.15, 0.2) is 0 Å². The van der Waals surface area contributed by atoms with E-state index in [-0.39, 0.29) is 115 Å². The third-order valence-electron chi connectivity index (χ3n) is 1.15. The van der Waals surface area contributed by atoms with Crippen LogP contribution in [0.25, 0.3) is 0 Å². The molecule has 0 amide bonds. The van der Waals surface area contributed by atoms with Gasteiger partial charge in [0.1, 0.15) is 0 Å². The molecule has 0 N–H and O–H groups in total. The minimum Gasteiger partial charge on any atom is -0.852 e. The van der Waals surface area contributed by atoms with Gasteiger partial charge < -0.3 is 10.2 Å². The van der Waals surface area contributed by atoms with E-state index in [4.69, 9.17) is 0 Å². The van der Waals surface area contributed by atoms with Gasteiger partial charge in [-0.3, -0.25) is 0 Å². The van der Waals surface area contributed by atoms with E-state index in [9.17, 15) is 10.2 Å². The van der Waals surface area contributed by atoms with Crippen LogP contribution in [0.5, 0.6) is 0 Å². The summed E-state index contributed by atoms with van der Waals surface area (Å²) in [6, 6.07) is 0. The van der Waals surface area contributed by atoms with E-state index in [1.807, 2.05) is 13.8 Å². The van der Waals surface area contributed by atoms with Crippen LogP contribution in [0, 0.1) is 0 Å². The Morgan fingerprint density at radius 2 is 0.917 bits per heavy atom. The van der Waals surface area contributed by atoms with E-state index in [0.717, 1.165) is 12.8 Å². The quantitative estimate of drug-likeness (QED) is 0.439. The molecule has 0 aliphatic carbocycles. The zero-order valence-corrected chi connectivity index (χ0v) is 15.6. The van der Waals surface area contributed by atoms with Gasteiger partial charge in [0.2, 0.25) is 0 Å². The summed E-state index contributed by atoms with van der Waals surface area (Å²) < 4.78 is 0. The van der Waals surface area contributed by atoms with Gasteiger partial charge in [-0.1, -0.05) is 40.5 Å². The van der Waals surface area contributed by atoms with Gasteiger partial charge in [-0.15, -0.1) is 12.2 Å². The maximum Gasteiger partial charge on any atom is 1.00 e. The predicted octanol–water partition coefficient (Wildman–Crippen LogP) is -5.70. The Morgan fingerprint density at radius 1 is 0.833 bits per heavy atom. The van der Waals surface area contributed by atoms with Crippen LogP contribution in [0.15, 0.2) is 0 Å². The molecule has 0 aromatic carbocycles. The van der Waals surface area contributed by atoms with E-state index in [0.29, 0.717) is 0 Å².